The third-order valence-electron chi connectivity index (χ3n) is 3.80. The van der Waals surface area contributed by atoms with Crippen molar-refractivity contribution in [2.24, 2.45) is 0 Å². The summed E-state index contributed by atoms with van der Waals surface area (Å²) in [7, 11) is 1.59. The summed E-state index contributed by atoms with van der Waals surface area (Å²) in [5.41, 5.74) is 2.80. The molecule has 0 aliphatic rings. The number of esters is 1. The first kappa shape index (κ1) is 17.6. The molecule has 1 aromatic heterocycles. The standard InChI is InChI=1S/C18H21NO5/c1-4-24-18(22)15-11-16(13-5-7-14(23-3)8-6-13)19(12(15)2)10-9-17(20)21/h5-8,11H,4,9-10H2,1-3H3,(H,20,21). The number of carbonyl (C=O) groups excluding carboxylic acids is 1. The predicted molar refractivity (Wildman–Crippen MR) is 89.4 cm³/mol. The minimum Gasteiger partial charge on any atom is -0.497 e. The number of aromatic nitrogens is 1. The van der Waals surface area contributed by atoms with E-state index >= 15 is 0 Å². The first-order valence-electron chi connectivity index (χ1n) is 7.71. The molecule has 0 radical (unpaired) electrons. The topological polar surface area (TPSA) is 77.8 Å². The Balaban J connectivity index is 2.47. The minimum absolute atomic E-state index is 0.0268. The van der Waals surface area contributed by atoms with Gasteiger partial charge in [-0.1, -0.05) is 0 Å². The molecule has 0 bridgehead atoms. The number of hydrogen-bond acceptors (Lipinski definition) is 4. The summed E-state index contributed by atoms with van der Waals surface area (Å²) in [4.78, 5) is 23.1. The second-order valence-electron chi connectivity index (χ2n) is 5.27. The molecule has 0 fully saturated rings. The first-order valence-corrected chi connectivity index (χ1v) is 7.71. The van der Waals surface area contributed by atoms with Crippen LogP contribution in [-0.2, 0) is 16.1 Å². The van der Waals surface area contributed by atoms with Gasteiger partial charge in [0.15, 0.2) is 0 Å². The molecule has 0 saturated heterocycles. The van der Waals surface area contributed by atoms with E-state index in [0.29, 0.717) is 11.3 Å². The smallest absolute Gasteiger partial charge is 0.339 e. The van der Waals surface area contributed by atoms with E-state index in [2.05, 4.69) is 0 Å². The lowest BCUT2D eigenvalue weighted by Gasteiger charge is -2.11. The quantitative estimate of drug-likeness (QED) is 0.789. The second kappa shape index (κ2) is 7.68. The first-order chi connectivity index (χ1) is 11.5. The number of carbonyl (C=O) groups is 2. The van der Waals surface area contributed by atoms with Crippen LogP contribution >= 0.6 is 0 Å². The van der Waals surface area contributed by atoms with Gasteiger partial charge in [-0.05, 0) is 49.7 Å². The Bertz CT molecular complexity index is 731. The zero-order chi connectivity index (χ0) is 17.7. The van der Waals surface area contributed by atoms with Crippen molar-refractivity contribution < 1.29 is 24.2 Å². The molecule has 0 unspecified atom stereocenters. The highest BCUT2D eigenvalue weighted by Crippen LogP contribution is 2.28. The molecule has 0 amide bonds. The Labute approximate surface area is 140 Å². The van der Waals surface area contributed by atoms with Gasteiger partial charge in [-0.2, -0.15) is 0 Å². The fraction of sp³-hybridized carbons (Fsp3) is 0.333. The Morgan fingerprint density at radius 1 is 1.21 bits per heavy atom. The number of aliphatic carboxylic acids is 1. The van der Waals surface area contributed by atoms with Crippen molar-refractivity contribution >= 4 is 11.9 Å². The van der Waals surface area contributed by atoms with Crippen molar-refractivity contribution in [2.45, 2.75) is 26.8 Å². The van der Waals surface area contributed by atoms with Gasteiger partial charge in [0.1, 0.15) is 5.75 Å². The Morgan fingerprint density at radius 2 is 1.88 bits per heavy atom. The van der Waals surface area contributed by atoms with Crippen LogP contribution in [0, 0.1) is 6.92 Å². The Hall–Kier alpha value is -2.76. The summed E-state index contributed by atoms with van der Waals surface area (Å²) < 4.78 is 12.1. The fourth-order valence-corrected chi connectivity index (χ4v) is 2.56. The molecule has 0 spiro atoms. The molecular formula is C18H21NO5. The number of methoxy groups -OCH3 is 1. The van der Waals surface area contributed by atoms with E-state index in [0.717, 1.165) is 17.0 Å². The zero-order valence-electron chi connectivity index (χ0n) is 14.0. The van der Waals surface area contributed by atoms with Crippen LogP contribution in [0.15, 0.2) is 30.3 Å². The molecular weight excluding hydrogens is 310 g/mol. The van der Waals surface area contributed by atoms with E-state index in [1.807, 2.05) is 28.8 Å². The maximum Gasteiger partial charge on any atom is 0.339 e. The number of nitrogens with zero attached hydrogens (tertiary/aromatic N) is 1. The molecule has 6 nitrogen and oxygen atoms in total. The van der Waals surface area contributed by atoms with Crippen molar-refractivity contribution in [1.29, 1.82) is 0 Å². The number of hydrogen-bond donors (Lipinski definition) is 1. The average Bonchev–Trinajstić information content (AvgIpc) is 2.90. The normalized spacial score (nSPS) is 10.5. The predicted octanol–water partition coefficient (Wildman–Crippen LogP) is 3.12. The average molecular weight is 331 g/mol. The van der Waals surface area contributed by atoms with Crippen molar-refractivity contribution in [3.05, 3.63) is 41.6 Å². The Kier molecular flexibility index (Phi) is 5.63. The lowest BCUT2D eigenvalue weighted by Crippen LogP contribution is -2.10. The zero-order valence-corrected chi connectivity index (χ0v) is 14.0. The molecule has 0 aliphatic heterocycles. The van der Waals surface area contributed by atoms with Crippen LogP contribution < -0.4 is 4.74 Å². The summed E-state index contributed by atoms with van der Waals surface area (Å²) in [5.74, 6) is -0.565. The van der Waals surface area contributed by atoms with E-state index in [-0.39, 0.29) is 19.6 Å². The summed E-state index contributed by atoms with van der Waals surface area (Å²) in [6, 6.07) is 9.14. The molecule has 2 aromatic rings. The molecule has 2 rings (SSSR count). The molecule has 1 aromatic carbocycles. The van der Waals surface area contributed by atoms with Crippen LogP contribution in [-0.4, -0.2) is 35.3 Å². The molecule has 24 heavy (non-hydrogen) atoms. The lowest BCUT2D eigenvalue weighted by atomic mass is 10.1. The van der Waals surface area contributed by atoms with Gasteiger partial charge >= 0.3 is 11.9 Å². The van der Waals surface area contributed by atoms with Crippen LogP contribution in [0.4, 0.5) is 0 Å². The van der Waals surface area contributed by atoms with E-state index < -0.39 is 11.9 Å². The van der Waals surface area contributed by atoms with E-state index in [1.165, 1.54) is 0 Å². The number of carboxylic acids is 1. The fourth-order valence-electron chi connectivity index (χ4n) is 2.56. The number of carboxylic acid groups (broad SMARTS) is 1. The van der Waals surface area contributed by atoms with Gasteiger partial charge in [0.05, 0.1) is 25.7 Å². The molecule has 1 heterocycles. The Morgan fingerprint density at radius 3 is 2.42 bits per heavy atom. The molecule has 0 atom stereocenters. The summed E-state index contributed by atoms with van der Waals surface area (Å²) in [6.07, 6.45) is -0.0268. The third kappa shape index (κ3) is 3.76. The summed E-state index contributed by atoms with van der Waals surface area (Å²) in [5, 5.41) is 8.97. The maximum atomic E-state index is 12.1. The summed E-state index contributed by atoms with van der Waals surface area (Å²) >= 11 is 0. The molecule has 0 saturated carbocycles. The SMILES string of the molecule is CCOC(=O)c1cc(-c2ccc(OC)cc2)n(CCC(=O)O)c1C. The molecule has 0 aliphatic carbocycles. The molecule has 1 N–H and O–H groups in total. The third-order valence-corrected chi connectivity index (χ3v) is 3.80. The van der Waals surface area contributed by atoms with Crippen LogP contribution in [0.5, 0.6) is 5.75 Å². The molecule has 128 valence electrons. The highest BCUT2D eigenvalue weighted by molar-refractivity contribution is 5.92. The van der Waals surface area contributed by atoms with Crippen LogP contribution in [0.1, 0.15) is 29.4 Å². The van der Waals surface area contributed by atoms with E-state index in [1.54, 1.807) is 27.0 Å². The van der Waals surface area contributed by atoms with Crippen molar-refractivity contribution in [3.63, 3.8) is 0 Å². The van der Waals surface area contributed by atoms with Crippen molar-refractivity contribution in [2.75, 3.05) is 13.7 Å². The summed E-state index contributed by atoms with van der Waals surface area (Å²) in [6.45, 7) is 4.11. The van der Waals surface area contributed by atoms with Gasteiger partial charge < -0.3 is 19.1 Å². The largest absolute Gasteiger partial charge is 0.497 e. The number of benzene rings is 1. The van der Waals surface area contributed by atoms with Crippen LogP contribution in [0.3, 0.4) is 0 Å². The van der Waals surface area contributed by atoms with E-state index in [4.69, 9.17) is 14.6 Å². The highest BCUT2D eigenvalue weighted by atomic mass is 16.5. The second-order valence-corrected chi connectivity index (χ2v) is 5.27. The number of rotatable bonds is 7. The van der Waals surface area contributed by atoms with Gasteiger partial charge in [-0.3, -0.25) is 4.79 Å². The van der Waals surface area contributed by atoms with Crippen LogP contribution in [0.25, 0.3) is 11.3 Å². The lowest BCUT2D eigenvalue weighted by molar-refractivity contribution is -0.137. The minimum atomic E-state index is -0.888. The monoisotopic (exact) mass is 331 g/mol. The van der Waals surface area contributed by atoms with Gasteiger partial charge in [0, 0.05) is 17.9 Å². The number of ether oxygens (including phenoxy) is 2. The van der Waals surface area contributed by atoms with Gasteiger partial charge in [0.25, 0.3) is 0 Å². The molecule has 6 heteroatoms. The maximum absolute atomic E-state index is 12.1. The van der Waals surface area contributed by atoms with Gasteiger partial charge in [-0.15, -0.1) is 0 Å². The highest BCUT2D eigenvalue weighted by Gasteiger charge is 2.19. The van der Waals surface area contributed by atoms with Crippen molar-refractivity contribution in [3.8, 4) is 17.0 Å². The van der Waals surface area contributed by atoms with Gasteiger partial charge in [-0.25, -0.2) is 4.79 Å². The van der Waals surface area contributed by atoms with Crippen LogP contribution in [0.2, 0.25) is 0 Å². The van der Waals surface area contributed by atoms with Crippen molar-refractivity contribution in [1.82, 2.24) is 4.57 Å². The van der Waals surface area contributed by atoms with E-state index in [9.17, 15) is 9.59 Å². The van der Waals surface area contributed by atoms with Gasteiger partial charge in [0.2, 0.25) is 0 Å².